The van der Waals surface area contributed by atoms with Crippen LogP contribution >= 0.6 is 0 Å². The fourth-order valence-electron chi connectivity index (χ4n) is 1.31. The molecule has 0 bridgehead atoms. The van der Waals surface area contributed by atoms with Crippen molar-refractivity contribution in [2.24, 2.45) is 5.92 Å². The molecule has 1 fully saturated rings. The molecule has 1 rings (SSSR count). The zero-order valence-corrected chi connectivity index (χ0v) is 7.18. The van der Waals surface area contributed by atoms with Gasteiger partial charge in [0.05, 0.1) is 5.92 Å². The van der Waals surface area contributed by atoms with Gasteiger partial charge in [0, 0.05) is 19.7 Å². The molecule has 1 amide bonds. The van der Waals surface area contributed by atoms with E-state index in [0.717, 1.165) is 19.5 Å². The van der Waals surface area contributed by atoms with Crippen LogP contribution in [-0.2, 0) is 4.79 Å². The lowest BCUT2D eigenvalue weighted by atomic mass is 10.1. The van der Waals surface area contributed by atoms with Gasteiger partial charge in [-0.3, -0.25) is 4.79 Å². The first kappa shape index (κ1) is 9.48. The predicted molar refractivity (Wildman–Crippen MR) is 45.7 cm³/mol. The molecule has 1 aliphatic heterocycles. The minimum Gasteiger partial charge on any atom is -0.396 e. The molecule has 0 spiro atoms. The van der Waals surface area contributed by atoms with E-state index in [-0.39, 0.29) is 18.4 Å². The molecule has 1 saturated heterocycles. The van der Waals surface area contributed by atoms with Crippen molar-refractivity contribution < 1.29 is 9.90 Å². The molecule has 1 atom stereocenters. The summed E-state index contributed by atoms with van der Waals surface area (Å²) in [7, 11) is 0. The quantitative estimate of drug-likeness (QED) is 0.481. The van der Waals surface area contributed by atoms with Crippen LogP contribution in [-0.4, -0.2) is 37.3 Å². The van der Waals surface area contributed by atoms with Crippen LogP contribution in [0.15, 0.2) is 0 Å². The Labute approximate surface area is 72.3 Å². The number of aliphatic hydroxyl groups is 1. The molecule has 4 nitrogen and oxygen atoms in total. The third-order valence-electron chi connectivity index (χ3n) is 2.07. The van der Waals surface area contributed by atoms with Crippen LogP contribution in [0.5, 0.6) is 0 Å². The standard InChI is InChI=1S/C8H16N2O2/c11-5-1-3-10-8(12)7-2-4-9-6-7/h7,9,11H,1-6H2,(H,10,12). The van der Waals surface area contributed by atoms with E-state index in [1.807, 2.05) is 0 Å². The molecular weight excluding hydrogens is 156 g/mol. The number of rotatable bonds is 4. The van der Waals surface area contributed by atoms with Crippen molar-refractivity contribution in [2.45, 2.75) is 12.8 Å². The number of nitrogens with one attached hydrogen (secondary N) is 2. The summed E-state index contributed by atoms with van der Waals surface area (Å²) in [5.41, 5.74) is 0. The summed E-state index contributed by atoms with van der Waals surface area (Å²) >= 11 is 0. The molecule has 0 aromatic heterocycles. The highest BCUT2D eigenvalue weighted by Crippen LogP contribution is 2.06. The van der Waals surface area contributed by atoms with E-state index in [2.05, 4.69) is 10.6 Å². The van der Waals surface area contributed by atoms with Gasteiger partial charge in [0.1, 0.15) is 0 Å². The van der Waals surface area contributed by atoms with E-state index < -0.39 is 0 Å². The summed E-state index contributed by atoms with van der Waals surface area (Å²) < 4.78 is 0. The second kappa shape index (κ2) is 5.11. The molecule has 0 saturated carbocycles. The number of hydrogen-bond acceptors (Lipinski definition) is 3. The Morgan fingerprint density at radius 2 is 2.50 bits per heavy atom. The van der Waals surface area contributed by atoms with Gasteiger partial charge < -0.3 is 15.7 Å². The van der Waals surface area contributed by atoms with Crippen molar-refractivity contribution in [3.63, 3.8) is 0 Å². The van der Waals surface area contributed by atoms with Gasteiger partial charge in [-0.1, -0.05) is 0 Å². The van der Waals surface area contributed by atoms with Gasteiger partial charge in [0.15, 0.2) is 0 Å². The van der Waals surface area contributed by atoms with E-state index in [0.29, 0.717) is 13.0 Å². The van der Waals surface area contributed by atoms with Crippen molar-refractivity contribution in [2.75, 3.05) is 26.2 Å². The number of amides is 1. The van der Waals surface area contributed by atoms with Gasteiger partial charge in [0.2, 0.25) is 5.91 Å². The van der Waals surface area contributed by atoms with Crippen LogP contribution in [0.1, 0.15) is 12.8 Å². The Hall–Kier alpha value is -0.610. The monoisotopic (exact) mass is 172 g/mol. The first-order valence-corrected chi connectivity index (χ1v) is 4.44. The SMILES string of the molecule is O=C(NCCCO)C1CCNC1. The maximum Gasteiger partial charge on any atom is 0.224 e. The largest absolute Gasteiger partial charge is 0.396 e. The van der Waals surface area contributed by atoms with Gasteiger partial charge in [-0.25, -0.2) is 0 Å². The third kappa shape index (κ3) is 2.79. The Morgan fingerprint density at radius 3 is 3.08 bits per heavy atom. The summed E-state index contributed by atoms with van der Waals surface area (Å²) in [5.74, 6) is 0.261. The van der Waals surface area contributed by atoms with Crippen LogP contribution in [0.3, 0.4) is 0 Å². The lowest BCUT2D eigenvalue weighted by Gasteiger charge is -2.08. The second-order valence-electron chi connectivity index (χ2n) is 3.06. The molecule has 12 heavy (non-hydrogen) atoms. The average molecular weight is 172 g/mol. The number of carbonyl (C=O) groups is 1. The summed E-state index contributed by atoms with van der Waals surface area (Å²) in [6.07, 6.45) is 1.58. The topological polar surface area (TPSA) is 61.4 Å². The second-order valence-corrected chi connectivity index (χ2v) is 3.06. The molecule has 0 aromatic rings. The number of hydrogen-bond donors (Lipinski definition) is 3. The lowest BCUT2D eigenvalue weighted by molar-refractivity contribution is -0.124. The van der Waals surface area contributed by atoms with E-state index in [4.69, 9.17) is 5.11 Å². The first-order valence-electron chi connectivity index (χ1n) is 4.44. The van der Waals surface area contributed by atoms with Crippen molar-refractivity contribution in [1.82, 2.24) is 10.6 Å². The number of aliphatic hydroxyl groups excluding tert-OH is 1. The zero-order valence-electron chi connectivity index (χ0n) is 7.18. The minimum absolute atomic E-state index is 0.119. The molecule has 0 aromatic carbocycles. The molecule has 70 valence electrons. The molecule has 1 unspecified atom stereocenters. The Balaban J connectivity index is 2.10. The van der Waals surface area contributed by atoms with Gasteiger partial charge in [0.25, 0.3) is 0 Å². The van der Waals surface area contributed by atoms with Gasteiger partial charge >= 0.3 is 0 Å². The molecule has 1 heterocycles. The van der Waals surface area contributed by atoms with Crippen LogP contribution in [0.25, 0.3) is 0 Å². The average Bonchev–Trinajstić information content (AvgIpc) is 2.56. The number of carbonyl (C=O) groups excluding carboxylic acids is 1. The Bertz CT molecular complexity index is 144. The molecule has 1 aliphatic rings. The van der Waals surface area contributed by atoms with Crippen LogP contribution in [0.2, 0.25) is 0 Å². The maximum absolute atomic E-state index is 11.3. The molecule has 4 heteroatoms. The first-order chi connectivity index (χ1) is 5.84. The molecular formula is C8H16N2O2. The van der Waals surface area contributed by atoms with Gasteiger partial charge in [-0.2, -0.15) is 0 Å². The lowest BCUT2D eigenvalue weighted by Crippen LogP contribution is -2.32. The Kier molecular flexibility index (Phi) is 4.04. The molecule has 0 aliphatic carbocycles. The van der Waals surface area contributed by atoms with E-state index >= 15 is 0 Å². The van der Waals surface area contributed by atoms with E-state index in [9.17, 15) is 4.79 Å². The highest BCUT2D eigenvalue weighted by Gasteiger charge is 2.21. The van der Waals surface area contributed by atoms with Crippen molar-refractivity contribution in [3.05, 3.63) is 0 Å². The summed E-state index contributed by atoms with van der Waals surface area (Å²) in [6, 6.07) is 0. The smallest absolute Gasteiger partial charge is 0.224 e. The fraction of sp³-hybridized carbons (Fsp3) is 0.875. The van der Waals surface area contributed by atoms with E-state index in [1.165, 1.54) is 0 Å². The third-order valence-corrected chi connectivity index (χ3v) is 2.07. The summed E-state index contributed by atoms with van der Waals surface area (Å²) in [5, 5.41) is 14.4. The minimum atomic E-state index is 0.119. The summed E-state index contributed by atoms with van der Waals surface area (Å²) in [4.78, 5) is 11.3. The Morgan fingerprint density at radius 1 is 1.67 bits per heavy atom. The van der Waals surface area contributed by atoms with Crippen LogP contribution in [0, 0.1) is 5.92 Å². The van der Waals surface area contributed by atoms with E-state index in [1.54, 1.807) is 0 Å². The highest BCUT2D eigenvalue weighted by molar-refractivity contribution is 5.79. The normalized spacial score (nSPS) is 22.6. The highest BCUT2D eigenvalue weighted by atomic mass is 16.3. The van der Waals surface area contributed by atoms with Crippen molar-refractivity contribution in [1.29, 1.82) is 0 Å². The maximum atomic E-state index is 11.3. The predicted octanol–water partition coefficient (Wildman–Crippen LogP) is -0.905. The van der Waals surface area contributed by atoms with Crippen molar-refractivity contribution >= 4 is 5.91 Å². The van der Waals surface area contributed by atoms with Crippen LogP contribution in [0.4, 0.5) is 0 Å². The van der Waals surface area contributed by atoms with Crippen molar-refractivity contribution in [3.8, 4) is 0 Å². The fourth-order valence-corrected chi connectivity index (χ4v) is 1.31. The molecule has 3 N–H and O–H groups in total. The molecule has 0 radical (unpaired) electrons. The van der Waals surface area contributed by atoms with Gasteiger partial charge in [-0.05, 0) is 19.4 Å². The zero-order chi connectivity index (χ0) is 8.81. The van der Waals surface area contributed by atoms with Crippen LogP contribution < -0.4 is 10.6 Å². The van der Waals surface area contributed by atoms with Gasteiger partial charge in [-0.15, -0.1) is 0 Å². The summed E-state index contributed by atoms with van der Waals surface area (Å²) in [6.45, 7) is 2.47.